The number of piperazine rings is 1. The number of anilines is 2. The van der Waals surface area contributed by atoms with Gasteiger partial charge in [0.2, 0.25) is 0 Å². The van der Waals surface area contributed by atoms with E-state index in [9.17, 15) is 18.0 Å². The molecule has 1 amide bonds. The number of nitrogens with one attached hydrogen (secondary N) is 1. The number of aromatic nitrogens is 4. The summed E-state index contributed by atoms with van der Waals surface area (Å²) in [6, 6.07) is 7.52. The molecule has 0 radical (unpaired) electrons. The van der Waals surface area contributed by atoms with Crippen LogP contribution in [0.25, 0.3) is 11.0 Å². The molecule has 1 aromatic carbocycles. The van der Waals surface area contributed by atoms with Gasteiger partial charge in [-0.05, 0) is 25.2 Å². The highest BCUT2D eigenvalue weighted by Crippen LogP contribution is 2.23. The predicted octanol–water partition coefficient (Wildman–Crippen LogP) is 2.13. The molecule has 4 rings (SSSR count). The van der Waals surface area contributed by atoms with Crippen LogP contribution in [0.15, 0.2) is 36.8 Å². The lowest BCUT2D eigenvalue weighted by Gasteiger charge is -2.32. The van der Waals surface area contributed by atoms with Crippen LogP contribution in [0.1, 0.15) is 10.4 Å². The average Bonchev–Trinajstić information content (AvgIpc) is 3.16. The predicted molar refractivity (Wildman–Crippen MR) is 113 cm³/mol. The monoisotopic (exact) mass is 465 g/mol. The Bertz CT molecular complexity index is 1140. The van der Waals surface area contributed by atoms with Crippen molar-refractivity contribution in [2.45, 2.75) is 6.18 Å². The number of hydrogen-bond donors (Lipinski definition) is 2. The number of carbonyl (C=O) groups excluding carboxylic acids is 1. The van der Waals surface area contributed by atoms with Crippen molar-refractivity contribution in [3.05, 3.63) is 42.4 Å². The fourth-order valence-corrected chi connectivity index (χ4v) is 3.12. The van der Waals surface area contributed by atoms with Crippen LogP contribution < -0.4 is 5.32 Å². The van der Waals surface area contributed by atoms with Crippen LogP contribution >= 0.6 is 0 Å². The van der Waals surface area contributed by atoms with Crippen LogP contribution in [0.4, 0.5) is 24.7 Å². The summed E-state index contributed by atoms with van der Waals surface area (Å²) in [7, 11) is 3.92. The highest BCUT2D eigenvalue weighted by molar-refractivity contribution is 5.96. The average molecular weight is 465 g/mol. The lowest BCUT2D eigenvalue weighted by Crippen LogP contribution is -2.47. The fourth-order valence-electron chi connectivity index (χ4n) is 3.12. The van der Waals surface area contributed by atoms with Crippen LogP contribution in [0, 0.1) is 0 Å². The third-order valence-corrected chi connectivity index (χ3v) is 4.93. The summed E-state index contributed by atoms with van der Waals surface area (Å²) in [6.07, 6.45) is -1.84. The van der Waals surface area contributed by atoms with Gasteiger partial charge >= 0.3 is 12.1 Å². The van der Waals surface area contributed by atoms with Gasteiger partial charge in [-0.2, -0.15) is 18.3 Å². The van der Waals surface area contributed by atoms with Crippen molar-refractivity contribution in [3.63, 3.8) is 0 Å². The zero-order valence-electron chi connectivity index (χ0n) is 17.9. The molecule has 1 aliphatic rings. The molecule has 2 aromatic heterocycles. The van der Waals surface area contributed by atoms with Crippen molar-refractivity contribution < 1.29 is 27.9 Å². The lowest BCUT2D eigenvalue weighted by molar-refractivity contribution is -0.192. The van der Waals surface area contributed by atoms with Gasteiger partial charge in [0, 0.05) is 44.5 Å². The van der Waals surface area contributed by atoms with Gasteiger partial charge in [-0.15, -0.1) is 0 Å². The van der Waals surface area contributed by atoms with E-state index in [2.05, 4.69) is 32.3 Å². The Kier molecular flexibility index (Phi) is 7.11. The summed E-state index contributed by atoms with van der Waals surface area (Å²) in [5.74, 6) is -2.02. The van der Waals surface area contributed by atoms with Gasteiger partial charge in [0.25, 0.3) is 5.91 Å². The van der Waals surface area contributed by atoms with Crippen LogP contribution in [-0.2, 0) is 11.8 Å². The van der Waals surface area contributed by atoms with Gasteiger partial charge in [0.1, 0.15) is 12.1 Å². The Morgan fingerprint density at radius 2 is 1.76 bits per heavy atom. The first-order chi connectivity index (χ1) is 15.6. The number of carboxylic acid groups (broad SMARTS) is 1. The van der Waals surface area contributed by atoms with E-state index in [1.165, 1.54) is 6.33 Å². The SMILES string of the molecule is CN1CCN(C(=O)c2cccc(Nc3ncnc4c3cnn4C)c2)CC1.O=C(O)C(F)(F)F. The van der Waals surface area contributed by atoms with Crippen molar-refractivity contribution >= 4 is 34.4 Å². The summed E-state index contributed by atoms with van der Waals surface area (Å²) >= 11 is 0. The van der Waals surface area contributed by atoms with E-state index in [-0.39, 0.29) is 5.91 Å². The zero-order valence-corrected chi connectivity index (χ0v) is 17.9. The maximum absolute atomic E-state index is 12.8. The number of rotatable bonds is 3. The molecule has 3 heterocycles. The largest absolute Gasteiger partial charge is 0.490 e. The van der Waals surface area contributed by atoms with E-state index >= 15 is 0 Å². The van der Waals surface area contributed by atoms with Gasteiger partial charge < -0.3 is 20.2 Å². The molecule has 0 bridgehead atoms. The minimum atomic E-state index is -5.08. The first-order valence-corrected chi connectivity index (χ1v) is 9.84. The highest BCUT2D eigenvalue weighted by atomic mass is 19.4. The van der Waals surface area contributed by atoms with E-state index in [0.29, 0.717) is 11.4 Å². The zero-order chi connectivity index (χ0) is 24.2. The van der Waals surface area contributed by atoms with E-state index in [1.807, 2.05) is 36.2 Å². The Labute approximate surface area is 186 Å². The first kappa shape index (κ1) is 23.9. The lowest BCUT2D eigenvalue weighted by atomic mass is 10.1. The molecule has 1 fully saturated rings. The summed E-state index contributed by atoms with van der Waals surface area (Å²) in [5, 5.41) is 15.5. The summed E-state index contributed by atoms with van der Waals surface area (Å²) in [5.41, 5.74) is 2.25. The second-order valence-corrected chi connectivity index (χ2v) is 7.33. The quantitative estimate of drug-likeness (QED) is 0.604. The van der Waals surface area contributed by atoms with Gasteiger partial charge in [-0.1, -0.05) is 6.07 Å². The number of carboxylic acids is 1. The number of carbonyl (C=O) groups is 2. The number of aliphatic carboxylic acids is 1. The minimum Gasteiger partial charge on any atom is -0.475 e. The molecule has 0 saturated carbocycles. The second kappa shape index (κ2) is 9.81. The second-order valence-electron chi connectivity index (χ2n) is 7.33. The number of benzene rings is 1. The van der Waals surface area contributed by atoms with E-state index < -0.39 is 12.1 Å². The third kappa shape index (κ3) is 5.94. The minimum absolute atomic E-state index is 0.0657. The number of amides is 1. The molecular formula is C20H22F3N7O3. The normalized spacial score (nSPS) is 14.5. The molecule has 176 valence electrons. The number of aryl methyl sites for hydroxylation is 1. The molecule has 10 nitrogen and oxygen atoms in total. The van der Waals surface area contributed by atoms with Gasteiger partial charge in [-0.25, -0.2) is 14.8 Å². The van der Waals surface area contributed by atoms with Crippen LogP contribution in [0.5, 0.6) is 0 Å². The molecule has 0 aliphatic carbocycles. The number of fused-ring (bicyclic) bond motifs is 1. The number of nitrogens with zero attached hydrogens (tertiary/aromatic N) is 6. The van der Waals surface area contributed by atoms with Crippen LogP contribution in [0.3, 0.4) is 0 Å². The van der Waals surface area contributed by atoms with E-state index in [0.717, 1.165) is 42.9 Å². The summed E-state index contributed by atoms with van der Waals surface area (Å²) in [6.45, 7) is 3.33. The van der Waals surface area contributed by atoms with Crippen molar-refractivity contribution in [1.82, 2.24) is 29.5 Å². The summed E-state index contributed by atoms with van der Waals surface area (Å²) in [4.78, 5) is 34.4. The molecule has 13 heteroatoms. The highest BCUT2D eigenvalue weighted by Gasteiger charge is 2.38. The van der Waals surface area contributed by atoms with E-state index in [4.69, 9.17) is 9.90 Å². The van der Waals surface area contributed by atoms with Gasteiger partial charge in [-0.3, -0.25) is 9.48 Å². The number of likely N-dealkylation sites (N-methyl/N-ethyl adjacent to an activating group) is 1. The van der Waals surface area contributed by atoms with Crippen LogP contribution in [-0.4, -0.2) is 85.9 Å². The van der Waals surface area contributed by atoms with Crippen LogP contribution in [0.2, 0.25) is 0 Å². The maximum Gasteiger partial charge on any atom is 0.490 e. The Morgan fingerprint density at radius 1 is 1.09 bits per heavy atom. The smallest absolute Gasteiger partial charge is 0.475 e. The first-order valence-electron chi connectivity index (χ1n) is 9.84. The van der Waals surface area contributed by atoms with Crippen molar-refractivity contribution in [2.75, 3.05) is 38.5 Å². The molecule has 33 heavy (non-hydrogen) atoms. The number of alkyl halides is 3. The van der Waals surface area contributed by atoms with Gasteiger partial charge in [0.15, 0.2) is 5.65 Å². The summed E-state index contributed by atoms with van der Waals surface area (Å²) < 4.78 is 33.4. The molecule has 0 unspecified atom stereocenters. The number of halogens is 3. The Hall–Kier alpha value is -3.74. The molecule has 1 saturated heterocycles. The van der Waals surface area contributed by atoms with Crippen molar-refractivity contribution in [3.8, 4) is 0 Å². The topological polar surface area (TPSA) is 116 Å². The molecule has 1 aliphatic heterocycles. The van der Waals surface area contributed by atoms with Gasteiger partial charge in [0.05, 0.1) is 11.6 Å². The molecule has 2 N–H and O–H groups in total. The van der Waals surface area contributed by atoms with Crippen molar-refractivity contribution in [2.24, 2.45) is 7.05 Å². The molecule has 0 spiro atoms. The fraction of sp³-hybridized carbons (Fsp3) is 0.350. The third-order valence-electron chi connectivity index (χ3n) is 4.93. The Morgan fingerprint density at radius 3 is 2.39 bits per heavy atom. The molecule has 3 aromatic rings. The molecule has 0 atom stereocenters. The van der Waals surface area contributed by atoms with E-state index in [1.54, 1.807) is 10.9 Å². The maximum atomic E-state index is 12.8. The van der Waals surface area contributed by atoms with Crippen molar-refractivity contribution in [1.29, 1.82) is 0 Å². The number of hydrogen-bond acceptors (Lipinski definition) is 7. The standard InChI is InChI=1S/C18H21N7O.C2HF3O2/c1-23-6-8-25(9-7-23)18(26)13-4-3-5-14(10-13)22-16-15-11-21-24(2)17(15)20-12-19-16;3-2(4,5)1(6)7/h3-5,10-12H,6-9H2,1-2H3,(H,19,20,22);(H,6,7). The molecular weight excluding hydrogens is 443 g/mol. The Balaban J connectivity index is 0.000000383.